The molecule has 0 saturated carbocycles. The first-order valence-electron chi connectivity index (χ1n) is 6.52. The number of amides is 1. The number of nitrogens with zero attached hydrogens (tertiary/aromatic N) is 2. The molecule has 0 spiro atoms. The van der Waals surface area contributed by atoms with E-state index in [-0.39, 0.29) is 18.3 Å². The van der Waals surface area contributed by atoms with Crippen LogP contribution in [-0.2, 0) is 4.79 Å². The molecule has 0 aliphatic heterocycles. The molecular formula is C14H20N4O3. The van der Waals surface area contributed by atoms with Gasteiger partial charge in [-0.1, -0.05) is 12.1 Å². The minimum absolute atomic E-state index is 0.0313. The van der Waals surface area contributed by atoms with Crippen LogP contribution in [0.15, 0.2) is 35.3 Å². The number of carbonyl (C=O) groups excluding carboxylic acids is 1. The number of hydroxylamine groups is 2. The van der Waals surface area contributed by atoms with Gasteiger partial charge >= 0.3 is 0 Å². The lowest BCUT2D eigenvalue weighted by atomic mass is 10.2. The number of nitrogens with two attached hydrogens (primary N) is 2. The van der Waals surface area contributed by atoms with Gasteiger partial charge in [-0.15, -0.1) is 0 Å². The van der Waals surface area contributed by atoms with Crippen LogP contribution in [0.4, 0.5) is 0 Å². The van der Waals surface area contributed by atoms with Gasteiger partial charge in [0.05, 0.1) is 0 Å². The van der Waals surface area contributed by atoms with Crippen molar-refractivity contribution in [2.45, 2.75) is 12.8 Å². The molecule has 0 saturated heterocycles. The molecule has 114 valence electrons. The van der Waals surface area contributed by atoms with Crippen LogP contribution in [0, 0.1) is 0 Å². The van der Waals surface area contributed by atoms with Crippen molar-refractivity contribution in [2.75, 3.05) is 13.1 Å². The van der Waals surface area contributed by atoms with E-state index in [1.54, 1.807) is 18.2 Å². The lowest BCUT2D eigenvalue weighted by Gasteiger charge is -2.11. The second kappa shape index (κ2) is 8.60. The number of unbranched alkanes of at least 4 members (excludes halogenated alkanes) is 1. The highest BCUT2D eigenvalue weighted by Crippen LogP contribution is 2.10. The van der Waals surface area contributed by atoms with Crippen LogP contribution in [0.25, 0.3) is 6.08 Å². The van der Waals surface area contributed by atoms with Gasteiger partial charge in [-0.05, 0) is 36.6 Å². The lowest BCUT2D eigenvalue weighted by molar-refractivity contribution is -0.159. The van der Waals surface area contributed by atoms with Gasteiger partial charge in [0.15, 0.2) is 5.96 Å². The summed E-state index contributed by atoms with van der Waals surface area (Å²) in [4.78, 5) is 15.4. The van der Waals surface area contributed by atoms with E-state index >= 15 is 0 Å². The van der Waals surface area contributed by atoms with Gasteiger partial charge in [-0.2, -0.15) is 0 Å². The van der Waals surface area contributed by atoms with E-state index in [1.807, 2.05) is 0 Å². The zero-order valence-electron chi connectivity index (χ0n) is 11.6. The van der Waals surface area contributed by atoms with Crippen molar-refractivity contribution in [3.8, 4) is 5.75 Å². The van der Waals surface area contributed by atoms with E-state index in [2.05, 4.69) is 4.99 Å². The van der Waals surface area contributed by atoms with E-state index in [4.69, 9.17) is 16.6 Å². The molecule has 0 aliphatic rings. The van der Waals surface area contributed by atoms with Crippen LogP contribution in [0.3, 0.4) is 0 Å². The standard InChI is InChI=1S/C14H20N4O3/c15-14(16)17-9-1-2-10-18(21)13(20)8-5-11-3-6-12(19)7-4-11/h3-8,19,21H,1-2,9-10H2,(H4,15,16,17)/b8-5+. The zero-order valence-corrected chi connectivity index (χ0v) is 11.6. The van der Waals surface area contributed by atoms with Crippen LogP contribution >= 0.6 is 0 Å². The number of aliphatic imine (C=N–C) groups is 1. The van der Waals surface area contributed by atoms with Crippen LogP contribution in [0.5, 0.6) is 5.75 Å². The second-order valence-corrected chi connectivity index (χ2v) is 4.40. The Hall–Kier alpha value is -2.54. The summed E-state index contributed by atoms with van der Waals surface area (Å²) in [5, 5.41) is 19.3. The molecule has 6 N–H and O–H groups in total. The molecule has 0 aliphatic carbocycles. The fraction of sp³-hybridized carbons (Fsp3) is 0.286. The van der Waals surface area contributed by atoms with Crippen LogP contribution in [-0.4, -0.2) is 40.3 Å². The quantitative estimate of drug-likeness (QED) is 0.147. The Morgan fingerprint density at radius 3 is 2.52 bits per heavy atom. The molecule has 0 atom stereocenters. The van der Waals surface area contributed by atoms with Crippen molar-refractivity contribution in [1.82, 2.24) is 5.06 Å². The van der Waals surface area contributed by atoms with Gasteiger partial charge in [-0.25, -0.2) is 5.06 Å². The van der Waals surface area contributed by atoms with Crippen molar-refractivity contribution >= 4 is 17.9 Å². The average molecular weight is 292 g/mol. The maximum absolute atomic E-state index is 11.6. The SMILES string of the molecule is NC(N)=NCCCCN(O)C(=O)/C=C/c1ccc(O)cc1. The fourth-order valence-corrected chi connectivity index (χ4v) is 1.53. The second-order valence-electron chi connectivity index (χ2n) is 4.40. The highest BCUT2D eigenvalue weighted by atomic mass is 16.5. The molecule has 1 amide bonds. The molecule has 0 unspecified atom stereocenters. The van der Waals surface area contributed by atoms with Gasteiger partial charge in [0.2, 0.25) is 0 Å². The predicted molar refractivity (Wildman–Crippen MR) is 80.6 cm³/mol. The fourth-order valence-electron chi connectivity index (χ4n) is 1.53. The number of rotatable bonds is 7. The number of phenolic OH excluding ortho intramolecular Hbond substituents is 1. The summed E-state index contributed by atoms with van der Waals surface area (Å²) in [6.07, 6.45) is 4.09. The Balaban J connectivity index is 2.33. The van der Waals surface area contributed by atoms with E-state index in [9.17, 15) is 10.0 Å². The molecule has 0 radical (unpaired) electrons. The largest absolute Gasteiger partial charge is 0.508 e. The topological polar surface area (TPSA) is 125 Å². The number of benzene rings is 1. The van der Waals surface area contributed by atoms with Crippen molar-refractivity contribution in [2.24, 2.45) is 16.5 Å². The van der Waals surface area contributed by atoms with E-state index in [0.29, 0.717) is 24.4 Å². The van der Waals surface area contributed by atoms with Crippen LogP contribution in [0.1, 0.15) is 18.4 Å². The Bertz CT molecular complexity index is 507. The van der Waals surface area contributed by atoms with Gasteiger partial charge in [0.1, 0.15) is 5.75 Å². The number of hydrogen-bond donors (Lipinski definition) is 4. The molecule has 21 heavy (non-hydrogen) atoms. The first-order chi connectivity index (χ1) is 9.99. The minimum Gasteiger partial charge on any atom is -0.508 e. The highest BCUT2D eigenvalue weighted by molar-refractivity contribution is 5.90. The van der Waals surface area contributed by atoms with E-state index in [0.717, 1.165) is 5.56 Å². The monoisotopic (exact) mass is 292 g/mol. The molecule has 1 rings (SSSR count). The van der Waals surface area contributed by atoms with Gasteiger partial charge in [-0.3, -0.25) is 15.0 Å². The summed E-state index contributed by atoms with van der Waals surface area (Å²) in [5.41, 5.74) is 11.1. The van der Waals surface area contributed by atoms with Gasteiger partial charge < -0.3 is 16.6 Å². The Kier molecular flexibility index (Phi) is 6.76. The third kappa shape index (κ3) is 6.98. The zero-order chi connectivity index (χ0) is 15.7. The van der Waals surface area contributed by atoms with Crippen LogP contribution in [0.2, 0.25) is 0 Å². The average Bonchev–Trinajstić information content (AvgIpc) is 2.45. The number of hydrogen-bond acceptors (Lipinski definition) is 4. The maximum Gasteiger partial charge on any atom is 0.269 e. The third-order valence-corrected chi connectivity index (χ3v) is 2.64. The Morgan fingerprint density at radius 2 is 1.90 bits per heavy atom. The molecule has 7 heteroatoms. The molecule has 0 aromatic heterocycles. The van der Waals surface area contributed by atoms with Crippen molar-refractivity contribution in [1.29, 1.82) is 0 Å². The Morgan fingerprint density at radius 1 is 1.24 bits per heavy atom. The minimum atomic E-state index is -0.509. The summed E-state index contributed by atoms with van der Waals surface area (Å²) in [6, 6.07) is 6.36. The van der Waals surface area contributed by atoms with Crippen molar-refractivity contribution in [3.05, 3.63) is 35.9 Å². The van der Waals surface area contributed by atoms with Gasteiger partial charge in [0.25, 0.3) is 5.91 Å². The maximum atomic E-state index is 11.6. The summed E-state index contributed by atoms with van der Waals surface area (Å²) < 4.78 is 0. The smallest absolute Gasteiger partial charge is 0.269 e. The number of aromatic hydroxyl groups is 1. The summed E-state index contributed by atoms with van der Waals surface area (Å²) in [6.45, 7) is 0.673. The van der Waals surface area contributed by atoms with Crippen molar-refractivity contribution < 1.29 is 15.1 Å². The predicted octanol–water partition coefficient (Wildman–Crippen LogP) is 0.677. The van der Waals surface area contributed by atoms with Crippen LogP contribution < -0.4 is 11.5 Å². The summed E-state index contributed by atoms with van der Waals surface area (Å²) in [7, 11) is 0. The molecule has 0 bridgehead atoms. The number of phenols is 1. The molecule has 7 nitrogen and oxygen atoms in total. The first-order valence-corrected chi connectivity index (χ1v) is 6.52. The normalized spacial score (nSPS) is 10.5. The first kappa shape index (κ1) is 16.5. The molecule has 1 aromatic rings. The lowest BCUT2D eigenvalue weighted by Crippen LogP contribution is -2.27. The third-order valence-electron chi connectivity index (χ3n) is 2.64. The molecule has 0 heterocycles. The molecule has 0 fully saturated rings. The van der Waals surface area contributed by atoms with E-state index < -0.39 is 5.91 Å². The van der Waals surface area contributed by atoms with E-state index in [1.165, 1.54) is 18.2 Å². The van der Waals surface area contributed by atoms with Gasteiger partial charge in [0, 0.05) is 19.2 Å². The molecular weight excluding hydrogens is 272 g/mol. The summed E-state index contributed by atoms with van der Waals surface area (Å²) in [5.74, 6) is -0.322. The Labute approximate surface area is 123 Å². The number of guanidine groups is 1. The summed E-state index contributed by atoms with van der Waals surface area (Å²) >= 11 is 0. The van der Waals surface area contributed by atoms with Crippen molar-refractivity contribution in [3.63, 3.8) is 0 Å². The highest BCUT2D eigenvalue weighted by Gasteiger charge is 2.06. The number of carbonyl (C=O) groups is 1. The molecule has 1 aromatic carbocycles.